The van der Waals surface area contributed by atoms with Gasteiger partial charge in [-0.3, -0.25) is 28.9 Å². The minimum Gasteiger partial charge on any atom is -0.505 e. The molecule has 2 saturated carbocycles. The van der Waals surface area contributed by atoms with Crippen molar-refractivity contribution in [3.05, 3.63) is 77.0 Å². The van der Waals surface area contributed by atoms with Crippen molar-refractivity contribution in [3.8, 4) is 5.75 Å². The largest absolute Gasteiger partial charge is 0.505 e. The Bertz CT molecular complexity index is 1630. The van der Waals surface area contributed by atoms with E-state index in [2.05, 4.69) is 5.32 Å². The Morgan fingerprint density at radius 1 is 1.05 bits per heavy atom. The van der Waals surface area contributed by atoms with Crippen molar-refractivity contribution in [2.45, 2.75) is 30.9 Å². The number of primary amides is 1. The number of hydrogen-bond acceptors (Lipinski definition) is 9. The molecule has 0 saturated heterocycles. The Morgan fingerprint density at radius 3 is 2.43 bits per heavy atom. The maximum Gasteiger partial charge on any atom is 0.235 e. The molecule has 1 amide bonds. The van der Waals surface area contributed by atoms with Crippen LogP contribution < -0.4 is 11.1 Å². The average molecular weight is 570 g/mol. The van der Waals surface area contributed by atoms with Gasteiger partial charge in [0.15, 0.2) is 34.7 Å². The number of benzene rings is 2. The molecule has 6 rings (SSSR count). The predicted molar refractivity (Wildman–Crippen MR) is 152 cm³/mol. The summed E-state index contributed by atoms with van der Waals surface area (Å²) in [5.74, 6) is -10.6. The summed E-state index contributed by atoms with van der Waals surface area (Å²) in [5, 5.41) is 26.1. The molecule has 10 heteroatoms. The molecular formula is C32H31N3O7. The fourth-order valence-corrected chi connectivity index (χ4v) is 7.30. The number of likely N-dealkylation sites (N-methyl/N-ethyl adjacent to an activating group) is 1. The molecule has 4 aliphatic carbocycles. The van der Waals surface area contributed by atoms with Crippen LogP contribution in [-0.2, 0) is 25.6 Å². The number of amides is 1. The van der Waals surface area contributed by atoms with Gasteiger partial charge in [0.1, 0.15) is 5.75 Å². The highest BCUT2D eigenvalue weighted by atomic mass is 16.3. The number of phenols is 1. The first-order valence-corrected chi connectivity index (χ1v) is 13.9. The molecule has 4 aliphatic rings. The van der Waals surface area contributed by atoms with E-state index in [-0.39, 0.29) is 29.8 Å². The molecule has 0 aliphatic heterocycles. The van der Waals surface area contributed by atoms with Crippen molar-refractivity contribution in [2.24, 2.45) is 29.4 Å². The summed E-state index contributed by atoms with van der Waals surface area (Å²) >= 11 is 0. The summed E-state index contributed by atoms with van der Waals surface area (Å²) in [6.45, 7) is 0. The average Bonchev–Trinajstić information content (AvgIpc) is 3.41. The highest BCUT2D eigenvalue weighted by Crippen LogP contribution is 2.51. The topological polar surface area (TPSA) is 167 Å². The number of fused-ring (bicyclic) bond motifs is 3. The Labute approximate surface area is 241 Å². The number of nitrogens with one attached hydrogen (secondary N) is 1. The molecular weight excluding hydrogens is 538 g/mol. The highest BCUT2D eigenvalue weighted by molar-refractivity contribution is 6.32. The molecule has 0 bridgehead atoms. The van der Waals surface area contributed by atoms with Crippen LogP contribution in [0.15, 0.2) is 60.3 Å². The van der Waals surface area contributed by atoms with Gasteiger partial charge in [-0.15, -0.1) is 0 Å². The lowest BCUT2D eigenvalue weighted by atomic mass is 9.52. The van der Waals surface area contributed by atoms with E-state index in [4.69, 9.17) is 5.73 Å². The Balaban J connectivity index is 1.34. The summed E-state index contributed by atoms with van der Waals surface area (Å²) in [4.78, 5) is 68.0. The highest BCUT2D eigenvalue weighted by Gasteiger charge is 2.69. The number of ketones is 4. The summed E-state index contributed by atoms with van der Waals surface area (Å²) in [5.41, 5.74) is 6.29. The van der Waals surface area contributed by atoms with E-state index in [9.17, 15) is 34.2 Å². The maximum atomic E-state index is 13.9. The van der Waals surface area contributed by atoms with E-state index in [1.807, 2.05) is 42.5 Å². The summed E-state index contributed by atoms with van der Waals surface area (Å²) in [6, 6.07) is 12.1. The minimum atomic E-state index is -2.74. The normalized spacial score (nSPS) is 30.3. The molecule has 6 atom stereocenters. The molecule has 5 N–H and O–H groups in total. The number of allylic oxidation sites excluding steroid dienone is 3. The number of phenolic OH excluding ortho intramolecular Hbond substituents is 1. The number of rotatable bonds is 5. The van der Waals surface area contributed by atoms with Crippen molar-refractivity contribution in [1.29, 1.82) is 0 Å². The number of Topliss-reactive ketones (excluding diaryl/α,β-unsaturated/α-hetero) is 4. The lowest BCUT2D eigenvalue weighted by Crippen LogP contribution is -2.74. The standard InChI is InChI=1S/C32H31N3O7/c1-35(2)25-20-14-18-12-17-9-11-21(34-19-10-8-16(13-19)15-6-4-3-5-7-15)26(36)22(17)27(37)23(18)29(39)32(20,42)30(40)24(28(25)38)31(33)41/h3-7,9-11,13,18,20,23-25,34,36,42H,8,12,14H2,1-2H3,(H2,33,41)/t18-,20-,23?,24?,25-,32-/m0/s1. The van der Waals surface area contributed by atoms with Gasteiger partial charge in [-0.1, -0.05) is 42.5 Å². The lowest BCUT2D eigenvalue weighted by Gasteiger charge is -2.52. The van der Waals surface area contributed by atoms with Crippen molar-refractivity contribution < 1.29 is 34.2 Å². The van der Waals surface area contributed by atoms with Crippen molar-refractivity contribution in [2.75, 3.05) is 19.4 Å². The minimum absolute atomic E-state index is 0.0185. The van der Waals surface area contributed by atoms with Gasteiger partial charge in [-0.05, 0) is 68.1 Å². The molecule has 42 heavy (non-hydrogen) atoms. The van der Waals surface area contributed by atoms with Gasteiger partial charge in [-0.25, -0.2) is 0 Å². The zero-order valence-electron chi connectivity index (χ0n) is 23.2. The second-order valence-corrected chi connectivity index (χ2v) is 11.8. The molecule has 2 aromatic rings. The van der Waals surface area contributed by atoms with Gasteiger partial charge >= 0.3 is 0 Å². The van der Waals surface area contributed by atoms with E-state index in [0.717, 1.165) is 16.8 Å². The van der Waals surface area contributed by atoms with Crippen molar-refractivity contribution in [1.82, 2.24) is 4.90 Å². The number of hydrogen-bond donors (Lipinski definition) is 4. The molecule has 0 heterocycles. The third-order valence-corrected chi connectivity index (χ3v) is 9.23. The van der Waals surface area contributed by atoms with Gasteiger partial charge in [0.25, 0.3) is 0 Å². The quantitative estimate of drug-likeness (QED) is 0.309. The number of aromatic hydroxyl groups is 1. The van der Waals surface area contributed by atoms with Crippen LogP contribution in [-0.4, -0.2) is 69.9 Å². The van der Waals surface area contributed by atoms with E-state index < -0.39 is 64.4 Å². The van der Waals surface area contributed by atoms with E-state index in [1.54, 1.807) is 26.2 Å². The third-order valence-electron chi connectivity index (χ3n) is 9.23. The number of anilines is 1. The molecule has 216 valence electrons. The van der Waals surface area contributed by atoms with Crippen LogP contribution in [0.1, 0.15) is 34.3 Å². The molecule has 2 fully saturated rings. The number of carbonyl (C=O) groups excluding carboxylic acids is 5. The van der Waals surface area contributed by atoms with Crippen LogP contribution in [0.3, 0.4) is 0 Å². The molecule has 2 aromatic carbocycles. The van der Waals surface area contributed by atoms with Gasteiger partial charge in [0.2, 0.25) is 5.91 Å². The number of nitrogens with zero attached hydrogens (tertiary/aromatic N) is 1. The number of carbonyl (C=O) groups is 5. The molecule has 2 unspecified atom stereocenters. The van der Waals surface area contributed by atoms with E-state index in [1.165, 1.54) is 4.90 Å². The van der Waals surface area contributed by atoms with Crippen LogP contribution in [0.4, 0.5) is 5.69 Å². The SMILES string of the molecule is CN(C)[C@@H]1C(=O)C(C(N)=O)C(=O)[C@@]2(O)C(=O)C3C(=O)c4c(ccc(NC5=CCC(c6ccccc6)=C5)c4O)C[C@H]3C[C@@H]12. The molecule has 10 nitrogen and oxygen atoms in total. The van der Waals surface area contributed by atoms with Crippen LogP contribution in [0.25, 0.3) is 5.57 Å². The fourth-order valence-electron chi connectivity index (χ4n) is 7.30. The second-order valence-electron chi connectivity index (χ2n) is 11.8. The van der Waals surface area contributed by atoms with Crippen molar-refractivity contribution in [3.63, 3.8) is 0 Å². The molecule has 0 aromatic heterocycles. The summed E-state index contributed by atoms with van der Waals surface area (Å²) in [6.07, 6.45) is 4.85. The van der Waals surface area contributed by atoms with Crippen LogP contribution >= 0.6 is 0 Å². The van der Waals surface area contributed by atoms with Gasteiger partial charge < -0.3 is 21.3 Å². The first-order valence-electron chi connectivity index (χ1n) is 13.9. The van der Waals surface area contributed by atoms with Gasteiger partial charge in [-0.2, -0.15) is 0 Å². The summed E-state index contributed by atoms with van der Waals surface area (Å²) in [7, 11) is 3.11. The Morgan fingerprint density at radius 2 is 1.76 bits per heavy atom. The van der Waals surface area contributed by atoms with Crippen LogP contribution in [0.2, 0.25) is 0 Å². The van der Waals surface area contributed by atoms with Crippen LogP contribution in [0.5, 0.6) is 5.75 Å². The first kappa shape index (κ1) is 27.7. The Hall–Kier alpha value is -4.41. The zero-order valence-corrected chi connectivity index (χ0v) is 23.2. The Kier molecular flexibility index (Phi) is 6.51. The first-order chi connectivity index (χ1) is 19.9. The van der Waals surface area contributed by atoms with E-state index in [0.29, 0.717) is 12.0 Å². The van der Waals surface area contributed by atoms with E-state index >= 15 is 0 Å². The second kappa shape index (κ2) is 9.85. The van der Waals surface area contributed by atoms with Gasteiger partial charge in [0.05, 0.1) is 23.2 Å². The molecule has 0 spiro atoms. The zero-order chi connectivity index (χ0) is 30.1. The lowest BCUT2D eigenvalue weighted by molar-refractivity contribution is -0.181. The maximum absolute atomic E-state index is 13.9. The number of aliphatic hydroxyl groups is 1. The number of nitrogens with two attached hydrogens (primary N) is 1. The fraction of sp³-hybridized carbons (Fsp3) is 0.344. The van der Waals surface area contributed by atoms with Crippen LogP contribution in [0, 0.1) is 23.7 Å². The third kappa shape index (κ3) is 3.97. The predicted octanol–water partition coefficient (Wildman–Crippen LogP) is 1.65. The summed E-state index contributed by atoms with van der Waals surface area (Å²) < 4.78 is 0. The monoisotopic (exact) mass is 569 g/mol. The smallest absolute Gasteiger partial charge is 0.235 e. The van der Waals surface area contributed by atoms with Gasteiger partial charge in [0, 0.05) is 11.6 Å². The van der Waals surface area contributed by atoms with Crippen molar-refractivity contribution >= 4 is 40.3 Å². The molecule has 0 radical (unpaired) electrons.